The molecule has 0 aliphatic heterocycles. The molecule has 0 bridgehead atoms. The lowest BCUT2D eigenvalue weighted by Crippen LogP contribution is -2.10. The molecule has 0 fully saturated rings. The molecular formula is C28H19F3O3. The van der Waals surface area contributed by atoms with Crippen LogP contribution in [0, 0.1) is 17.5 Å². The van der Waals surface area contributed by atoms with E-state index in [-0.39, 0.29) is 11.1 Å². The fourth-order valence-electron chi connectivity index (χ4n) is 3.43. The molecule has 4 aromatic carbocycles. The first-order chi connectivity index (χ1) is 16.4. The van der Waals surface area contributed by atoms with Crippen molar-refractivity contribution < 1.29 is 27.4 Å². The third kappa shape index (κ3) is 4.57. The van der Waals surface area contributed by atoms with Gasteiger partial charge in [-0.1, -0.05) is 49.1 Å². The number of ether oxygens (including phenoxy) is 2. The molecule has 0 radical (unpaired) electrons. The van der Waals surface area contributed by atoms with Gasteiger partial charge in [0, 0.05) is 17.2 Å². The van der Waals surface area contributed by atoms with Crippen molar-refractivity contribution in [1.82, 2.24) is 0 Å². The van der Waals surface area contributed by atoms with Crippen molar-refractivity contribution in [1.29, 1.82) is 0 Å². The molecule has 0 aromatic heterocycles. The smallest absolute Gasteiger partial charge is 0.343 e. The average Bonchev–Trinajstić information content (AvgIpc) is 2.87. The second-order valence-electron chi connectivity index (χ2n) is 7.38. The molecule has 3 nitrogen and oxygen atoms in total. The van der Waals surface area contributed by atoms with Crippen LogP contribution in [0.3, 0.4) is 0 Å². The van der Waals surface area contributed by atoms with Crippen molar-refractivity contribution in [3.8, 4) is 33.8 Å². The number of carbonyl (C=O) groups is 1. The number of hydrogen-bond donors (Lipinski definition) is 0. The highest BCUT2D eigenvalue weighted by atomic mass is 19.2. The van der Waals surface area contributed by atoms with Gasteiger partial charge in [-0.2, -0.15) is 4.39 Å². The predicted octanol–water partition coefficient (Wildman–Crippen LogP) is 7.31. The number of benzene rings is 4. The molecule has 34 heavy (non-hydrogen) atoms. The van der Waals surface area contributed by atoms with Gasteiger partial charge >= 0.3 is 5.97 Å². The monoisotopic (exact) mass is 460 g/mol. The summed E-state index contributed by atoms with van der Waals surface area (Å²) >= 11 is 0. The summed E-state index contributed by atoms with van der Waals surface area (Å²) in [5.74, 6) is -3.89. The van der Waals surface area contributed by atoms with Gasteiger partial charge in [-0.05, 0) is 53.1 Å². The van der Waals surface area contributed by atoms with Gasteiger partial charge in [0.05, 0.1) is 12.7 Å². The second-order valence-corrected chi connectivity index (χ2v) is 7.38. The Morgan fingerprint density at radius 2 is 1.41 bits per heavy atom. The van der Waals surface area contributed by atoms with Gasteiger partial charge in [-0.3, -0.25) is 0 Å². The summed E-state index contributed by atoms with van der Waals surface area (Å²) in [6.45, 7) is 3.66. The van der Waals surface area contributed by atoms with Gasteiger partial charge in [0.1, 0.15) is 11.6 Å². The van der Waals surface area contributed by atoms with Crippen LogP contribution in [0.1, 0.15) is 15.9 Å². The fraction of sp³-hybridized carbons (Fsp3) is 0.0357. The highest BCUT2D eigenvalue weighted by molar-refractivity contribution is 5.91. The number of esters is 1. The van der Waals surface area contributed by atoms with E-state index in [1.54, 1.807) is 42.5 Å². The van der Waals surface area contributed by atoms with Crippen LogP contribution in [0.15, 0.2) is 85.4 Å². The van der Waals surface area contributed by atoms with Crippen molar-refractivity contribution in [2.75, 3.05) is 7.11 Å². The van der Waals surface area contributed by atoms with Crippen LogP contribution in [-0.4, -0.2) is 13.1 Å². The molecule has 4 rings (SSSR count). The zero-order chi connectivity index (χ0) is 24.2. The summed E-state index contributed by atoms with van der Waals surface area (Å²) in [6.07, 6.45) is 1.64. The Bertz CT molecular complexity index is 1360. The second kappa shape index (κ2) is 9.67. The van der Waals surface area contributed by atoms with E-state index in [2.05, 4.69) is 6.58 Å². The average molecular weight is 460 g/mol. The highest BCUT2D eigenvalue weighted by Crippen LogP contribution is 2.31. The molecular weight excluding hydrogens is 441 g/mol. The van der Waals surface area contributed by atoms with Crippen LogP contribution in [0.4, 0.5) is 13.2 Å². The van der Waals surface area contributed by atoms with Crippen molar-refractivity contribution in [2.45, 2.75) is 0 Å². The van der Waals surface area contributed by atoms with Crippen LogP contribution < -0.4 is 9.47 Å². The van der Waals surface area contributed by atoms with Crippen LogP contribution in [-0.2, 0) is 0 Å². The number of carbonyl (C=O) groups excluding carboxylic acids is 1. The standard InChI is InChI=1S/C28H19F3O3/c1-3-17-4-6-19(7-5-17)23-14-15-25(27(31)26(23)30)34-28(32)20-10-8-18(9-11-20)22-13-12-21(33-2)16-24(22)29/h3-16H,1H2,2H3. The Balaban J connectivity index is 1.53. The summed E-state index contributed by atoms with van der Waals surface area (Å²) in [7, 11) is 1.44. The first-order valence-electron chi connectivity index (χ1n) is 10.3. The zero-order valence-corrected chi connectivity index (χ0v) is 18.1. The maximum Gasteiger partial charge on any atom is 0.343 e. The minimum atomic E-state index is -1.27. The highest BCUT2D eigenvalue weighted by Gasteiger charge is 2.19. The molecule has 0 heterocycles. The van der Waals surface area contributed by atoms with E-state index in [4.69, 9.17) is 9.47 Å². The normalized spacial score (nSPS) is 10.6. The van der Waals surface area contributed by atoms with Crippen LogP contribution in [0.5, 0.6) is 11.5 Å². The summed E-state index contributed by atoms with van der Waals surface area (Å²) in [5.41, 5.74) is 2.31. The summed E-state index contributed by atoms with van der Waals surface area (Å²) < 4.78 is 53.7. The molecule has 0 spiro atoms. The first kappa shape index (κ1) is 22.9. The van der Waals surface area contributed by atoms with Crippen molar-refractivity contribution in [3.05, 3.63) is 114 Å². The minimum Gasteiger partial charge on any atom is -0.497 e. The topological polar surface area (TPSA) is 35.5 Å². The van der Waals surface area contributed by atoms with Gasteiger partial charge in [-0.25, -0.2) is 13.6 Å². The summed E-state index contributed by atoms with van der Waals surface area (Å²) in [6, 6.07) is 19.7. The van der Waals surface area contributed by atoms with E-state index in [9.17, 15) is 18.0 Å². The Morgan fingerprint density at radius 1 is 0.794 bits per heavy atom. The number of rotatable bonds is 6. The lowest BCUT2D eigenvalue weighted by atomic mass is 10.0. The predicted molar refractivity (Wildman–Crippen MR) is 125 cm³/mol. The molecule has 0 amide bonds. The minimum absolute atomic E-state index is 0.0405. The van der Waals surface area contributed by atoms with Gasteiger partial charge in [-0.15, -0.1) is 0 Å². The van der Waals surface area contributed by atoms with Gasteiger partial charge in [0.2, 0.25) is 5.82 Å². The largest absolute Gasteiger partial charge is 0.497 e. The van der Waals surface area contributed by atoms with E-state index < -0.39 is 29.2 Å². The fourth-order valence-corrected chi connectivity index (χ4v) is 3.43. The molecule has 170 valence electrons. The molecule has 4 aromatic rings. The molecule has 0 unspecified atom stereocenters. The molecule has 0 aliphatic rings. The quantitative estimate of drug-likeness (QED) is 0.224. The van der Waals surface area contributed by atoms with E-state index in [1.807, 2.05) is 0 Å². The maximum atomic E-state index is 14.7. The molecule has 0 saturated carbocycles. The first-order valence-corrected chi connectivity index (χ1v) is 10.3. The molecule has 0 N–H and O–H groups in total. The van der Waals surface area contributed by atoms with Crippen molar-refractivity contribution >= 4 is 12.0 Å². The van der Waals surface area contributed by atoms with Gasteiger partial charge in [0.25, 0.3) is 0 Å². The summed E-state index contributed by atoms with van der Waals surface area (Å²) in [4.78, 5) is 12.5. The zero-order valence-electron chi connectivity index (χ0n) is 18.1. The van der Waals surface area contributed by atoms with Gasteiger partial charge < -0.3 is 9.47 Å². The number of hydrogen-bond acceptors (Lipinski definition) is 3. The number of halogens is 3. The van der Waals surface area contributed by atoms with Gasteiger partial charge in [0.15, 0.2) is 11.6 Å². The maximum absolute atomic E-state index is 14.7. The lowest BCUT2D eigenvalue weighted by Gasteiger charge is -2.10. The van der Waals surface area contributed by atoms with Crippen molar-refractivity contribution in [2.24, 2.45) is 0 Å². The van der Waals surface area contributed by atoms with E-state index in [0.717, 1.165) is 5.56 Å². The molecule has 0 aliphatic carbocycles. The van der Waals surface area contributed by atoms with Crippen LogP contribution in [0.2, 0.25) is 0 Å². The number of methoxy groups -OCH3 is 1. The van der Waals surface area contributed by atoms with Crippen molar-refractivity contribution in [3.63, 3.8) is 0 Å². The Hall–Kier alpha value is -4.32. The molecule has 0 saturated heterocycles. The Labute approximate surface area is 194 Å². The molecule has 6 heteroatoms. The molecule has 0 atom stereocenters. The van der Waals surface area contributed by atoms with Crippen LogP contribution in [0.25, 0.3) is 28.3 Å². The van der Waals surface area contributed by atoms with Crippen LogP contribution >= 0.6 is 0 Å². The van der Waals surface area contributed by atoms with E-state index >= 15 is 0 Å². The lowest BCUT2D eigenvalue weighted by molar-refractivity contribution is 0.0727. The van der Waals surface area contributed by atoms with E-state index in [0.29, 0.717) is 22.4 Å². The third-order valence-corrected chi connectivity index (χ3v) is 5.31. The van der Waals surface area contributed by atoms with E-state index in [1.165, 1.54) is 49.6 Å². The third-order valence-electron chi connectivity index (χ3n) is 5.31. The Morgan fingerprint density at radius 3 is 2.03 bits per heavy atom. The summed E-state index contributed by atoms with van der Waals surface area (Å²) in [5, 5.41) is 0. The Kier molecular flexibility index (Phi) is 6.50. The SMILES string of the molecule is C=Cc1ccc(-c2ccc(OC(=O)c3ccc(-c4ccc(OC)cc4F)cc3)c(F)c2F)cc1.